The van der Waals surface area contributed by atoms with Crippen LogP contribution in [0, 0.1) is 5.82 Å². The maximum absolute atomic E-state index is 14.4. The number of rotatable bonds is 3. The summed E-state index contributed by atoms with van der Waals surface area (Å²) in [6.45, 7) is -0.143. The number of benzene rings is 1. The van der Waals surface area contributed by atoms with Gasteiger partial charge in [0.25, 0.3) is 0 Å². The molecule has 0 unspecified atom stereocenters. The predicted molar refractivity (Wildman–Crippen MR) is 81.5 cm³/mol. The van der Waals surface area contributed by atoms with Gasteiger partial charge >= 0.3 is 12.1 Å². The number of carboxylic acid groups (broad SMARTS) is 1. The number of anilines is 1. The van der Waals surface area contributed by atoms with Gasteiger partial charge in [-0.2, -0.15) is 0 Å². The summed E-state index contributed by atoms with van der Waals surface area (Å²) < 4.78 is 30.5. The van der Waals surface area contributed by atoms with Crippen molar-refractivity contribution in [3.8, 4) is 0 Å². The molecule has 2 aliphatic heterocycles. The van der Waals surface area contributed by atoms with Crippen molar-refractivity contribution in [2.75, 3.05) is 23.0 Å². The molecule has 2 heterocycles. The molecule has 1 amide bonds. The zero-order valence-electron chi connectivity index (χ0n) is 12.2. The number of amides is 1. The summed E-state index contributed by atoms with van der Waals surface area (Å²) in [5.41, 5.74) is 0.826. The normalized spacial score (nSPS) is 27.8. The molecule has 6 nitrogen and oxygen atoms in total. The first kappa shape index (κ1) is 15.9. The zero-order valence-corrected chi connectivity index (χ0v) is 13.1. The van der Waals surface area contributed by atoms with Crippen molar-refractivity contribution in [1.29, 1.82) is 0 Å². The van der Waals surface area contributed by atoms with Gasteiger partial charge in [0.2, 0.25) is 6.10 Å². The SMILES string of the molecule is O=C(O)[C@H]1CN(c2ccc(C3CCS(=O)CC3)c(F)c2)C(=O)O1. The van der Waals surface area contributed by atoms with Crippen LogP contribution in [-0.4, -0.2) is 45.5 Å². The fourth-order valence-corrected chi connectivity index (χ4v) is 4.22. The van der Waals surface area contributed by atoms with E-state index >= 15 is 0 Å². The summed E-state index contributed by atoms with van der Waals surface area (Å²) in [6.07, 6.45) is -0.679. The van der Waals surface area contributed by atoms with Crippen LogP contribution in [0.5, 0.6) is 0 Å². The summed E-state index contributed by atoms with van der Waals surface area (Å²) in [7, 11) is -0.808. The Hall–Kier alpha value is -1.96. The number of ether oxygens (including phenoxy) is 1. The number of cyclic esters (lactones) is 1. The molecular formula is C15H16FNO5S. The van der Waals surface area contributed by atoms with Crippen molar-refractivity contribution >= 4 is 28.5 Å². The van der Waals surface area contributed by atoms with Crippen LogP contribution in [0.4, 0.5) is 14.9 Å². The number of hydrogen-bond acceptors (Lipinski definition) is 4. The molecule has 2 fully saturated rings. The lowest BCUT2D eigenvalue weighted by molar-refractivity contribution is -0.144. The number of hydrogen-bond donors (Lipinski definition) is 1. The van der Waals surface area contributed by atoms with Crippen LogP contribution < -0.4 is 4.90 Å². The molecule has 1 atom stereocenters. The first-order chi connectivity index (χ1) is 11.0. The molecule has 0 radical (unpaired) electrons. The van der Waals surface area contributed by atoms with Crippen molar-refractivity contribution in [3.05, 3.63) is 29.6 Å². The van der Waals surface area contributed by atoms with Gasteiger partial charge in [0, 0.05) is 22.3 Å². The Bertz CT molecular complexity index is 670. The van der Waals surface area contributed by atoms with Crippen LogP contribution in [0.25, 0.3) is 0 Å². The van der Waals surface area contributed by atoms with E-state index in [1.165, 1.54) is 6.07 Å². The van der Waals surface area contributed by atoms with Crippen LogP contribution in [-0.2, 0) is 20.3 Å². The van der Waals surface area contributed by atoms with Crippen LogP contribution in [0.2, 0.25) is 0 Å². The van der Waals surface area contributed by atoms with Gasteiger partial charge in [-0.05, 0) is 36.5 Å². The van der Waals surface area contributed by atoms with Gasteiger partial charge in [0.15, 0.2) is 0 Å². The Labute approximate surface area is 134 Å². The standard InChI is InChI=1S/C15H16FNO5S/c16-12-7-10(17-8-13(14(18)19)22-15(17)20)1-2-11(12)9-3-5-23(21)6-4-9/h1-2,7,9,13H,3-6,8H2,(H,18,19)/t9?,13-,23?/m1/s1. The topological polar surface area (TPSA) is 83.9 Å². The number of carbonyl (C=O) groups excluding carboxylic acids is 1. The van der Waals surface area contributed by atoms with Crippen LogP contribution >= 0.6 is 0 Å². The maximum Gasteiger partial charge on any atom is 0.415 e. The molecule has 0 aromatic heterocycles. The number of carbonyl (C=O) groups is 2. The molecule has 124 valence electrons. The lowest BCUT2D eigenvalue weighted by Crippen LogP contribution is -2.27. The first-order valence-corrected chi connectivity index (χ1v) is 8.80. The van der Waals surface area contributed by atoms with E-state index < -0.39 is 34.8 Å². The predicted octanol–water partition coefficient (Wildman–Crippen LogP) is 1.86. The molecule has 23 heavy (non-hydrogen) atoms. The van der Waals surface area contributed by atoms with Gasteiger partial charge in [-0.25, -0.2) is 14.0 Å². The van der Waals surface area contributed by atoms with E-state index in [4.69, 9.17) is 9.84 Å². The van der Waals surface area contributed by atoms with E-state index in [1.807, 2.05) is 0 Å². The smallest absolute Gasteiger partial charge is 0.415 e. The number of halogens is 1. The molecular weight excluding hydrogens is 325 g/mol. The third-order valence-electron chi connectivity index (χ3n) is 4.21. The van der Waals surface area contributed by atoms with E-state index in [1.54, 1.807) is 12.1 Å². The highest BCUT2D eigenvalue weighted by molar-refractivity contribution is 7.85. The van der Waals surface area contributed by atoms with Crippen molar-refractivity contribution < 1.29 is 28.0 Å². The Kier molecular flexibility index (Phi) is 4.34. The number of aliphatic carboxylic acids is 1. The third-order valence-corrected chi connectivity index (χ3v) is 5.59. The zero-order chi connectivity index (χ0) is 16.6. The number of nitrogens with zero attached hydrogens (tertiary/aromatic N) is 1. The molecule has 2 saturated heterocycles. The minimum absolute atomic E-state index is 0.0269. The molecule has 1 aromatic carbocycles. The minimum Gasteiger partial charge on any atom is -0.478 e. The van der Waals surface area contributed by atoms with Crippen LogP contribution in [0.15, 0.2) is 18.2 Å². The Morgan fingerprint density at radius 1 is 1.35 bits per heavy atom. The highest BCUT2D eigenvalue weighted by atomic mass is 32.2. The van der Waals surface area contributed by atoms with Crippen LogP contribution in [0.1, 0.15) is 24.3 Å². The van der Waals surface area contributed by atoms with Gasteiger partial charge in [0.05, 0.1) is 12.2 Å². The van der Waals surface area contributed by atoms with E-state index in [2.05, 4.69) is 0 Å². The fourth-order valence-electron chi connectivity index (χ4n) is 2.92. The van der Waals surface area contributed by atoms with Gasteiger partial charge in [-0.15, -0.1) is 0 Å². The summed E-state index contributed by atoms with van der Waals surface area (Å²) in [5, 5.41) is 8.88. The van der Waals surface area contributed by atoms with E-state index in [0.29, 0.717) is 29.9 Å². The van der Waals surface area contributed by atoms with Gasteiger partial charge in [-0.1, -0.05) is 6.07 Å². The lowest BCUT2D eigenvalue weighted by Gasteiger charge is -2.23. The second-order valence-electron chi connectivity index (χ2n) is 5.65. The maximum atomic E-state index is 14.4. The lowest BCUT2D eigenvalue weighted by atomic mass is 9.93. The largest absolute Gasteiger partial charge is 0.478 e. The van der Waals surface area contributed by atoms with Gasteiger partial charge < -0.3 is 9.84 Å². The highest BCUT2D eigenvalue weighted by Crippen LogP contribution is 2.32. The molecule has 1 aromatic rings. The average Bonchev–Trinajstić information content (AvgIpc) is 2.90. The monoisotopic (exact) mass is 341 g/mol. The molecule has 8 heteroatoms. The molecule has 0 aliphatic carbocycles. The van der Waals surface area contributed by atoms with Gasteiger partial charge in [0.1, 0.15) is 5.82 Å². The molecule has 1 N–H and O–H groups in total. The van der Waals surface area contributed by atoms with E-state index in [0.717, 1.165) is 4.90 Å². The first-order valence-electron chi connectivity index (χ1n) is 7.31. The Morgan fingerprint density at radius 3 is 2.61 bits per heavy atom. The summed E-state index contributed by atoms with van der Waals surface area (Å²) in [6, 6.07) is 4.44. The summed E-state index contributed by atoms with van der Waals surface area (Å²) in [5.74, 6) is -0.492. The molecule has 0 saturated carbocycles. The van der Waals surface area contributed by atoms with Crippen LogP contribution in [0.3, 0.4) is 0 Å². The molecule has 3 rings (SSSR count). The van der Waals surface area contributed by atoms with E-state index in [-0.39, 0.29) is 18.2 Å². The molecule has 2 aliphatic rings. The summed E-state index contributed by atoms with van der Waals surface area (Å²) >= 11 is 0. The Balaban J connectivity index is 1.78. The fraction of sp³-hybridized carbons (Fsp3) is 0.467. The second kappa shape index (κ2) is 6.27. The highest BCUT2D eigenvalue weighted by Gasteiger charge is 2.37. The number of carboxylic acids is 1. The quantitative estimate of drug-likeness (QED) is 0.907. The van der Waals surface area contributed by atoms with Crippen molar-refractivity contribution in [2.24, 2.45) is 0 Å². The third kappa shape index (κ3) is 3.21. The van der Waals surface area contributed by atoms with Crippen molar-refractivity contribution in [1.82, 2.24) is 0 Å². The average molecular weight is 341 g/mol. The molecule has 0 spiro atoms. The molecule has 0 bridgehead atoms. The minimum atomic E-state index is -1.24. The summed E-state index contributed by atoms with van der Waals surface area (Å²) in [4.78, 5) is 23.7. The van der Waals surface area contributed by atoms with Crippen molar-refractivity contribution in [2.45, 2.75) is 24.9 Å². The van der Waals surface area contributed by atoms with E-state index in [9.17, 15) is 18.2 Å². The Morgan fingerprint density at radius 2 is 2.04 bits per heavy atom. The van der Waals surface area contributed by atoms with Gasteiger partial charge in [-0.3, -0.25) is 9.11 Å². The van der Waals surface area contributed by atoms with Crippen molar-refractivity contribution in [3.63, 3.8) is 0 Å². The second-order valence-corrected chi connectivity index (χ2v) is 7.35.